The van der Waals surface area contributed by atoms with E-state index < -0.39 is 4.92 Å². The van der Waals surface area contributed by atoms with Crippen molar-refractivity contribution in [2.75, 3.05) is 6.61 Å². The number of nitro benzene ring substituents is 1. The van der Waals surface area contributed by atoms with E-state index in [9.17, 15) is 10.1 Å². The van der Waals surface area contributed by atoms with Gasteiger partial charge in [0.2, 0.25) is 0 Å². The summed E-state index contributed by atoms with van der Waals surface area (Å²) in [6, 6.07) is 4.32. The first kappa shape index (κ1) is 11.8. The van der Waals surface area contributed by atoms with Crippen LogP contribution in [0.4, 0.5) is 5.69 Å². The highest BCUT2D eigenvalue weighted by atomic mass is 16.6. The van der Waals surface area contributed by atoms with Crippen molar-refractivity contribution in [2.24, 2.45) is 10.9 Å². The largest absolute Gasteiger partial charge is 0.486 e. The number of nitrogens with zero attached hydrogens (tertiary/aromatic N) is 2. The highest BCUT2D eigenvalue weighted by Crippen LogP contribution is 2.22. The summed E-state index contributed by atoms with van der Waals surface area (Å²) in [4.78, 5) is 10.1. The van der Waals surface area contributed by atoms with Gasteiger partial charge >= 0.3 is 0 Å². The molecule has 16 heavy (non-hydrogen) atoms. The Balaban J connectivity index is 2.78. The first-order valence-corrected chi connectivity index (χ1v) is 4.39. The average Bonchev–Trinajstić information content (AvgIpc) is 2.25. The molecule has 7 heteroatoms. The van der Waals surface area contributed by atoms with Gasteiger partial charge in [-0.2, -0.15) is 0 Å². The van der Waals surface area contributed by atoms with Crippen molar-refractivity contribution in [1.29, 1.82) is 0 Å². The first-order chi connectivity index (χ1) is 7.54. The molecule has 0 saturated heterocycles. The summed E-state index contributed by atoms with van der Waals surface area (Å²) < 4.78 is 5.14. The van der Waals surface area contributed by atoms with Crippen LogP contribution in [0.15, 0.2) is 23.4 Å². The number of hydrogen-bond donors (Lipinski definition) is 2. The number of benzene rings is 1. The van der Waals surface area contributed by atoms with Gasteiger partial charge < -0.3 is 15.7 Å². The van der Waals surface area contributed by atoms with Crippen molar-refractivity contribution in [1.82, 2.24) is 0 Å². The summed E-state index contributed by atoms with van der Waals surface area (Å²) in [5.41, 5.74) is 5.72. The zero-order valence-electron chi connectivity index (χ0n) is 8.58. The van der Waals surface area contributed by atoms with Crippen LogP contribution in [0.2, 0.25) is 0 Å². The minimum atomic E-state index is -0.470. The molecule has 1 aromatic rings. The van der Waals surface area contributed by atoms with Gasteiger partial charge in [-0.3, -0.25) is 10.1 Å². The molecule has 0 atom stereocenters. The van der Waals surface area contributed by atoms with E-state index in [-0.39, 0.29) is 18.1 Å². The summed E-state index contributed by atoms with van der Waals surface area (Å²) in [6.07, 6.45) is 0. The van der Waals surface area contributed by atoms with E-state index in [1.54, 1.807) is 6.92 Å². The van der Waals surface area contributed by atoms with E-state index in [1.165, 1.54) is 18.2 Å². The van der Waals surface area contributed by atoms with Crippen molar-refractivity contribution in [3.63, 3.8) is 0 Å². The van der Waals surface area contributed by atoms with Crippen molar-refractivity contribution in [2.45, 2.75) is 6.92 Å². The molecule has 0 aliphatic rings. The Labute approximate surface area is 91.3 Å². The Hall–Kier alpha value is -2.31. The summed E-state index contributed by atoms with van der Waals surface area (Å²) in [5, 5.41) is 21.5. The van der Waals surface area contributed by atoms with Gasteiger partial charge in [0.25, 0.3) is 5.69 Å². The van der Waals surface area contributed by atoms with Gasteiger partial charge in [0.15, 0.2) is 5.84 Å². The Morgan fingerprint density at radius 3 is 2.88 bits per heavy atom. The second-order valence-electron chi connectivity index (χ2n) is 3.09. The van der Waals surface area contributed by atoms with Gasteiger partial charge in [-0.05, 0) is 19.1 Å². The lowest BCUT2D eigenvalue weighted by molar-refractivity contribution is -0.385. The van der Waals surface area contributed by atoms with Gasteiger partial charge in [-0.25, -0.2) is 0 Å². The fourth-order valence-corrected chi connectivity index (χ4v) is 1.11. The predicted molar refractivity (Wildman–Crippen MR) is 56.7 cm³/mol. The molecule has 0 aliphatic carbocycles. The number of amidine groups is 1. The van der Waals surface area contributed by atoms with Crippen molar-refractivity contribution in [3.05, 3.63) is 33.9 Å². The summed E-state index contributed by atoms with van der Waals surface area (Å²) in [5.74, 6) is 0.353. The topological polar surface area (TPSA) is 111 Å². The molecule has 3 N–H and O–H groups in total. The lowest BCUT2D eigenvalue weighted by atomic mass is 10.2. The third-order valence-corrected chi connectivity index (χ3v) is 1.88. The average molecular weight is 225 g/mol. The van der Waals surface area contributed by atoms with Crippen molar-refractivity contribution in [3.8, 4) is 5.75 Å². The molecule has 0 aromatic heterocycles. The first-order valence-electron chi connectivity index (χ1n) is 4.39. The third kappa shape index (κ3) is 2.84. The van der Waals surface area contributed by atoms with E-state index >= 15 is 0 Å². The van der Waals surface area contributed by atoms with Crippen LogP contribution >= 0.6 is 0 Å². The van der Waals surface area contributed by atoms with E-state index in [2.05, 4.69) is 5.16 Å². The normalized spacial score (nSPS) is 11.2. The van der Waals surface area contributed by atoms with Crippen LogP contribution in [-0.2, 0) is 0 Å². The lowest BCUT2D eigenvalue weighted by Crippen LogP contribution is -2.20. The Morgan fingerprint density at radius 2 is 2.38 bits per heavy atom. The molecule has 0 radical (unpaired) electrons. The number of aryl methyl sites for hydroxylation is 1. The zero-order valence-corrected chi connectivity index (χ0v) is 8.58. The smallest absolute Gasteiger partial charge is 0.272 e. The summed E-state index contributed by atoms with van der Waals surface area (Å²) in [7, 11) is 0. The third-order valence-electron chi connectivity index (χ3n) is 1.88. The fraction of sp³-hybridized carbons (Fsp3) is 0.222. The fourth-order valence-electron chi connectivity index (χ4n) is 1.11. The number of rotatable bonds is 4. The number of oxime groups is 1. The molecule has 0 unspecified atom stereocenters. The van der Waals surface area contributed by atoms with Gasteiger partial charge in [-0.15, -0.1) is 0 Å². The van der Waals surface area contributed by atoms with Crippen LogP contribution in [0, 0.1) is 17.0 Å². The molecular weight excluding hydrogens is 214 g/mol. The van der Waals surface area contributed by atoms with E-state index in [1.807, 2.05) is 0 Å². The second kappa shape index (κ2) is 4.96. The standard InChI is InChI=1S/C9H11N3O4/c1-6-4-7(16-5-9(10)11-13)2-3-8(6)12(14)15/h2-4,13H,5H2,1H3,(H2,10,11). The number of ether oxygens (including phenoxy) is 1. The molecular formula is C9H11N3O4. The molecule has 1 rings (SSSR count). The van der Waals surface area contributed by atoms with Crippen LogP contribution in [0.25, 0.3) is 0 Å². The Bertz CT molecular complexity index is 431. The monoisotopic (exact) mass is 225 g/mol. The lowest BCUT2D eigenvalue weighted by Gasteiger charge is -2.05. The maximum absolute atomic E-state index is 10.5. The maximum atomic E-state index is 10.5. The number of nitrogens with two attached hydrogens (primary N) is 1. The van der Waals surface area contributed by atoms with Crippen molar-refractivity contribution >= 4 is 11.5 Å². The maximum Gasteiger partial charge on any atom is 0.272 e. The molecule has 7 nitrogen and oxygen atoms in total. The molecule has 86 valence electrons. The van der Waals surface area contributed by atoms with Crippen LogP contribution in [0.3, 0.4) is 0 Å². The SMILES string of the molecule is Cc1cc(OC/C(N)=N\O)ccc1[N+](=O)[O-]. The molecule has 0 bridgehead atoms. The second-order valence-corrected chi connectivity index (χ2v) is 3.09. The number of hydrogen-bond acceptors (Lipinski definition) is 5. The highest BCUT2D eigenvalue weighted by molar-refractivity contribution is 5.81. The minimum Gasteiger partial charge on any atom is -0.486 e. The zero-order chi connectivity index (χ0) is 12.1. The summed E-state index contributed by atoms with van der Waals surface area (Å²) >= 11 is 0. The minimum absolute atomic E-state index is 0.0242. The van der Waals surface area contributed by atoms with Crippen LogP contribution in [0.5, 0.6) is 5.75 Å². The van der Waals surface area contributed by atoms with Crippen LogP contribution in [0.1, 0.15) is 5.56 Å². The van der Waals surface area contributed by atoms with Gasteiger partial charge in [0.05, 0.1) is 4.92 Å². The van der Waals surface area contributed by atoms with E-state index in [0.29, 0.717) is 11.3 Å². The Kier molecular flexibility index (Phi) is 3.65. The van der Waals surface area contributed by atoms with Crippen LogP contribution in [-0.4, -0.2) is 22.6 Å². The quantitative estimate of drug-likeness (QED) is 0.261. The van der Waals surface area contributed by atoms with Gasteiger partial charge in [-0.1, -0.05) is 5.16 Å². The van der Waals surface area contributed by atoms with Gasteiger partial charge in [0.1, 0.15) is 12.4 Å². The Morgan fingerprint density at radius 1 is 1.69 bits per heavy atom. The number of nitro groups is 1. The molecule has 0 heterocycles. The molecule has 0 amide bonds. The summed E-state index contributed by atoms with van der Waals surface area (Å²) in [6.45, 7) is 1.53. The van der Waals surface area contributed by atoms with Crippen LogP contribution < -0.4 is 10.5 Å². The van der Waals surface area contributed by atoms with Crippen molar-refractivity contribution < 1.29 is 14.9 Å². The molecule has 1 aromatic carbocycles. The molecule has 0 spiro atoms. The predicted octanol–water partition coefficient (Wildman–Crippen LogP) is 1.03. The molecule has 0 fully saturated rings. The van der Waals surface area contributed by atoms with Gasteiger partial charge in [0, 0.05) is 11.6 Å². The molecule has 0 aliphatic heterocycles. The van der Waals surface area contributed by atoms with E-state index in [4.69, 9.17) is 15.7 Å². The van der Waals surface area contributed by atoms with E-state index in [0.717, 1.165) is 0 Å². The molecule has 0 saturated carbocycles. The highest BCUT2D eigenvalue weighted by Gasteiger charge is 2.10.